The molecule has 0 bridgehead atoms. The molecule has 9 nitrogen and oxygen atoms in total. The molecule has 1 spiro atoms. The minimum atomic E-state index is -0.0101. The van der Waals surface area contributed by atoms with Gasteiger partial charge in [-0.25, -0.2) is 14.3 Å². The molecule has 0 atom stereocenters. The first-order valence-electron chi connectivity index (χ1n) is 13.4. The van der Waals surface area contributed by atoms with Crippen LogP contribution in [0.4, 0.5) is 0 Å². The number of pyridine rings is 1. The zero-order chi connectivity index (χ0) is 25.3. The summed E-state index contributed by atoms with van der Waals surface area (Å²) in [5, 5.41) is 4.33. The van der Waals surface area contributed by atoms with E-state index in [-0.39, 0.29) is 17.6 Å². The van der Waals surface area contributed by atoms with Crippen molar-refractivity contribution in [2.24, 2.45) is 5.41 Å². The van der Waals surface area contributed by atoms with E-state index in [0.29, 0.717) is 22.9 Å². The maximum atomic E-state index is 13.3. The third-order valence-corrected chi connectivity index (χ3v) is 8.82. The number of rotatable bonds is 5. The van der Waals surface area contributed by atoms with Gasteiger partial charge in [0.2, 0.25) is 0 Å². The maximum Gasteiger partial charge on any atom is 0.326 e. The molecule has 2 saturated heterocycles. The lowest BCUT2D eigenvalue weighted by Crippen LogP contribution is -2.68. The first-order chi connectivity index (χ1) is 17.9. The molecule has 3 fully saturated rings. The molecular formula is C28H34N6O3. The van der Waals surface area contributed by atoms with E-state index in [4.69, 9.17) is 9.47 Å². The van der Waals surface area contributed by atoms with Gasteiger partial charge >= 0.3 is 5.69 Å². The third kappa shape index (κ3) is 3.62. The van der Waals surface area contributed by atoms with E-state index in [1.807, 2.05) is 16.8 Å². The lowest BCUT2D eigenvalue weighted by atomic mass is 9.75. The van der Waals surface area contributed by atoms with E-state index in [2.05, 4.69) is 45.9 Å². The van der Waals surface area contributed by atoms with E-state index < -0.39 is 0 Å². The molecule has 7 rings (SSSR count). The molecule has 1 N–H and O–H groups in total. The number of aromatic amines is 1. The molecule has 5 heterocycles. The maximum absolute atomic E-state index is 13.3. The number of fused-ring (bicyclic) bond motifs is 2. The molecule has 2 aliphatic heterocycles. The smallest absolute Gasteiger partial charge is 0.326 e. The molecule has 4 aromatic rings. The number of aromatic nitrogens is 5. The van der Waals surface area contributed by atoms with E-state index in [1.54, 1.807) is 11.6 Å². The predicted molar refractivity (Wildman–Crippen MR) is 141 cm³/mol. The lowest BCUT2D eigenvalue weighted by molar-refractivity contribution is -0.200. The summed E-state index contributed by atoms with van der Waals surface area (Å²) < 4.78 is 14.8. The molecule has 0 amide bonds. The molecule has 0 radical (unpaired) electrons. The van der Waals surface area contributed by atoms with Crippen LogP contribution in [0.3, 0.4) is 0 Å². The Bertz CT molecular complexity index is 1530. The second-order valence-electron chi connectivity index (χ2n) is 11.6. The summed E-state index contributed by atoms with van der Waals surface area (Å²) in [7, 11) is 1.65. The Morgan fingerprint density at radius 3 is 2.54 bits per heavy atom. The van der Waals surface area contributed by atoms with Crippen molar-refractivity contribution in [3.8, 4) is 16.9 Å². The number of imidazole rings is 1. The lowest BCUT2D eigenvalue weighted by Gasteiger charge is -2.58. The van der Waals surface area contributed by atoms with Crippen molar-refractivity contribution in [3.05, 3.63) is 46.8 Å². The van der Waals surface area contributed by atoms with Gasteiger partial charge in [0.15, 0.2) is 11.4 Å². The Morgan fingerprint density at radius 2 is 1.86 bits per heavy atom. The fourth-order valence-corrected chi connectivity index (χ4v) is 6.80. The Kier molecular flexibility index (Phi) is 5.23. The summed E-state index contributed by atoms with van der Waals surface area (Å²) in [6.07, 6.45) is 7.88. The monoisotopic (exact) mass is 502 g/mol. The average Bonchev–Trinajstić information content (AvgIpc) is 3.44. The highest BCUT2D eigenvalue weighted by Crippen LogP contribution is 2.43. The van der Waals surface area contributed by atoms with Crippen LogP contribution in [0.25, 0.3) is 27.8 Å². The van der Waals surface area contributed by atoms with Gasteiger partial charge in [-0.15, -0.1) is 0 Å². The van der Waals surface area contributed by atoms with Crippen molar-refractivity contribution < 1.29 is 9.47 Å². The zero-order valence-electron chi connectivity index (χ0n) is 21.7. The van der Waals surface area contributed by atoms with Crippen LogP contribution in [-0.4, -0.2) is 68.5 Å². The van der Waals surface area contributed by atoms with E-state index in [1.165, 1.54) is 25.0 Å². The fraction of sp³-hybridized carbons (Fsp3) is 0.536. The molecule has 1 aliphatic carbocycles. The van der Waals surface area contributed by atoms with Gasteiger partial charge in [-0.3, -0.25) is 9.47 Å². The van der Waals surface area contributed by atoms with Crippen LogP contribution >= 0.6 is 0 Å². The quantitative estimate of drug-likeness (QED) is 0.444. The van der Waals surface area contributed by atoms with E-state index in [9.17, 15) is 4.79 Å². The Morgan fingerprint density at radius 1 is 1.11 bits per heavy atom. The number of methoxy groups -OCH3 is 1. The minimum Gasteiger partial charge on any atom is -0.493 e. The highest BCUT2D eigenvalue weighted by Gasteiger charge is 2.50. The third-order valence-electron chi connectivity index (χ3n) is 8.82. The summed E-state index contributed by atoms with van der Waals surface area (Å²) in [6.45, 7) is 8.63. The molecule has 37 heavy (non-hydrogen) atoms. The second-order valence-corrected chi connectivity index (χ2v) is 11.6. The normalized spacial score (nSPS) is 23.6. The number of nitrogens with one attached hydrogen (secondary N) is 1. The Balaban J connectivity index is 1.21. The van der Waals surface area contributed by atoms with Crippen LogP contribution in [0.5, 0.6) is 5.75 Å². The van der Waals surface area contributed by atoms with Gasteiger partial charge in [0.1, 0.15) is 6.33 Å². The van der Waals surface area contributed by atoms with Crippen molar-refractivity contribution in [3.63, 3.8) is 0 Å². The number of ether oxygens (including phenoxy) is 2. The van der Waals surface area contributed by atoms with Crippen LogP contribution in [0.2, 0.25) is 0 Å². The van der Waals surface area contributed by atoms with Gasteiger partial charge in [-0.2, -0.15) is 5.10 Å². The number of hydrogen-bond donors (Lipinski definition) is 1. The van der Waals surface area contributed by atoms with Gasteiger partial charge in [0.25, 0.3) is 0 Å². The fourth-order valence-electron chi connectivity index (χ4n) is 6.80. The van der Waals surface area contributed by atoms with Crippen LogP contribution in [-0.2, 0) is 4.74 Å². The number of hydrogen-bond acceptors (Lipinski definition) is 6. The van der Waals surface area contributed by atoms with Gasteiger partial charge in [0, 0.05) is 42.3 Å². The Labute approximate surface area is 215 Å². The molecule has 194 valence electrons. The van der Waals surface area contributed by atoms with E-state index in [0.717, 1.165) is 61.1 Å². The van der Waals surface area contributed by atoms with Crippen molar-refractivity contribution in [1.29, 1.82) is 0 Å². The van der Waals surface area contributed by atoms with Crippen LogP contribution in [0.15, 0.2) is 35.5 Å². The number of likely N-dealkylation sites (tertiary alicyclic amines) is 1. The molecule has 0 unspecified atom stereocenters. The van der Waals surface area contributed by atoms with Crippen LogP contribution < -0.4 is 10.4 Å². The van der Waals surface area contributed by atoms with Crippen molar-refractivity contribution in [1.82, 2.24) is 29.0 Å². The highest BCUT2D eigenvalue weighted by molar-refractivity contribution is 5.85. The van der Waals surface area contributed by atoms with Crippen molar-refractivity contribution in [2.45, 2.75) is 57.5 Å². The standard InChI is InChI=1S/C28H34N6O3/c1-17(2)21-10-24-23(9-22(21)18-8-25(36-3)26-29-16-30-33(26)11-18)31-27(35)34(24)20-6-4-19(5-7-20)32-12-28(13-32)14-37-15-28/h8-11,16-17,19-20H,4-7,12-15H2,1-3H3,(H,31,35). The first-order valence-corrected chi connectivity index (χ1v) is 13.4. The summed E-state index contributed by atoms with van der Waals surface area (Å²) in [5.41, 5.74) is 6.26. The molecule has 9 heteroatoms. The molecular weight excluding hydrogens is 468 g/mol. The largest absolute Gasteiger partial charge is 0.493 e. The van der Waals surface area contributed by atoms with Gasteiger partial charge < -0.3 is 14.5 Å². The molecule has 3 aliphatic rings. The summed E-state index contributed by atoms with van der Waals surface area (Å²) in [6, 6.07) is 7.21. The molecule has 1 saturated carbocycles. The van der Waals surface area contributed by atoms with E-state index >= 15 is 0 Å². The number of benzene rings is 1. The topological polar surface area (TPSA) is 89.7 Å². The van der Waals surface area contributed by atoms with Crippen molar-refractivity contribution in [2.75, 3.05) is 33.4 Å². The number of H-pyrrole nitrogens is 1. The SMILES string of the molecule is COc1cc(-c2cc3[nH]c(=O)n(C4CCC(N5CC6(COC6)C5)CC4)c3cc2C(C)C)cn2ncnc12. The zero-order valence-corrected chi connectivity index (χ0v) is 21.7. The first kappa shape index (κ1) is 23.0. The van der Waals surface area contributed by atoms with Gasteiger partial charge in [-0.1, -0.05) is 13.8 Å². The summed E-state index contributed by atoms with van der Waals surface area (Å²) in [5.74, 6) is 0.950. The van der Waals surface area contributed by atoms with Crippen molar-refractivity contribution >= 4 is 16.7 Å². The molecule has 1 aromatic carbocycles. The summed E-state index contributed by atoms with van der Waals surface area (Å²) in [4.78, 5) is 23.4. The van der Waals surface area contributed by atoms with Crippen LogP contribution in [0, 0.1) is 5.41 Å². The second kappa shape index (κ2) is 8.43. The average molecular weight is 503 g/mol. The summed E-state index contributed by atoms with van der Waals surface area (Å²) >= 11 is 0. The highest BCUT2D eigenvalue weighted by atomic mass is 16.5. The molecule has 3 aromatic heterocycles. The van der Waals surface area contributed by atoms with Gasteiger partial charge in [-0.05, 0) is 60.9 Å². The minimum absolute atomic E-state index is 0.0101. The predicted octanol–water partition coefficient (Wildman–Crippen LogP) is 3.99. The van der Waals surface area contributed by atoms with Gasteiger partial charge in [0.05, 0.1) is 31.4 Å². The number of nitrogens with zero attached hydrogens (tertiary/aromatic N) is 5. The van der Waals surface area contributed by atoms with Crippen LogP contribution in [0.1, 0.15) is 57.1 Å². The Hall–Kier alpha value is -3.17.